The average molecular weight is 170 g/mol. The van der Waals surface area contributed by atoms with E-state index >= 15 is 0 Å². The Bertz CT molecular complexity index is 171. The summed E-state index contributed by atoms with van der Waals surface area (Å²) in [5, 5.41) is 8.85. The van der Waals surface area contributed by atoms with Crippen LogP contribution in [-0.2, 0) is 4.79 Å². The molecule has 0 aromatic rings. The Hall–Kier alpha value is -0.790. The van der Waals surface area contributed by atoms with Gasteiger partial charge in [-0.25, -0.2) is 0 Å². The normalized spacial score (nSPS) is 13.0. The maximum Gasteiger partial charge on any atom is 0.307 e. The molecule has 0 rings (SSSR count). The molecule has 0 fully saturated rings. The largest absolute Gasteiger partial charge is 0.481 e. The number of aliphatic carboxylic acids is 1. The van der Waals surface area contributed by atoms with Crippen LogP contribution in [0.25, 0.3) is 0 Å². The SMILES string of the molecule is C=C(CC)CC(C(=O)O)C(C)C. The minimum absolute atomic E-state index is 0.186. The van der Waals surface area contributed by atoms with Crippen molar-refractivity contribution in [3.05, 3.63) is 12.2 Å². The zero-order valence-electron chi connectivity index (χ0n) is 8.13. The second-order valence-corrected chi connectivity index (χ2v) is 3.50. The molecule has 0 bridgehead atoms. The van der Waals surface area contributed by atoms with Gasteiger partial charge in [-0.3, -0.25) is 4.79 Å². The standard InChI is InChI=1S/C10H18O2/c1-5-8(4)6-9(7(2)3)10(11)12/h7,9H,4-6H2,1-3H3,(H,11,12). The quantitative estimate of drug-likeness (QED) is 0.644. The van der Waals surface area contributed by atoms with Crippen LogP contribution in [0.3, 0.4) is 0 Å². The minimum Gasteiger partial charge on any atom is -0.481 e. The van der Waals surface area contributed by atoms with E-state index in [9.17, 15) is 4.79 Å². The van der Waals surface area contributed by atoms with Gasteiger partial charge in [-0.15, -0.1) is 0 Å². The van der Waals surface area contributed by atoms with Gasteiger partial charge in [0.25, 0.3) is 0 Å². The van der Waals surface area contributed by atoms with Gasteiger partial charge in [-0.05, 0) is 18.8 Å². The third kappa shape index (κ3) is 3.56. The van der Waals surface area contributed by atoms with Gasteiger partial charge in [0.1, 0.15) is 0 Å². The summed E-state index contributed by atoms with van der Waals surface area (Å²) in [6, 6.07) is 0. The van der Waals surface area contributed by atoms with Gasteiger partial charge in [0.05, 0.1) is 5.92 Å². The molecule has 2 nitrogen and oxygen atoms in total. The molecule has 0 amide bonds. The Labute approximate surface area is 74.3 Å². The van der Waals surface area contributed by atoms with Crippen LogP contribution in [0, 0.1) is 11.8 Å². The van der Waals surface area contributed by atoms with E-state index in [2.05, 4.69) is 6.58 Å². The molecule has 0 radical (unpaired) electrons. The number of carbonyl (C=O) groups is 1. The van der Waals surface area contributed by atoms with Crippen molar-refractivity contribution in [2.45, 2.75) is 33.6 Å². The molecule has 1 N–H and O–H groups in total. The van der Waals surface area contributed by atoms with E-state index in [0.29, 0.717) is 6.42 Å². The Morgan fingerprint density at radius 2 is 2.00 bits per heavy atom. The highest BCUT2D eigenvalue weighted by Crippen LogP contribution is 2.20. The first-order chi connectivity index (χ1) is 5.49. The molecule has 1 atom stereocenters. The Kier molecular flexibility index (Phi) is 4.64. The maximum absolute atomic E-state index is 10.8. The molecule has 0 aromatic heterocycles. The molecule has 12 heavy (non-hydrogen) atoms. The van der Waals surface area contributed by atoms with E-state index in [-0.39, 0.29) is 11.8 Å². The van der Waals surface area contributed by atoms with Crippen molar-refractivity contribution in [2.75, 3.05) is 0 Å². The molecule has 2 heteroatoms. The van der Waals surface area contributed by atoms with E-state index in [1.807, 2.05) is 20.8 Å². The van der Waals surface area contributed by atoms with Crippen LogP contribution in [0.5, 0.6) is 0 Å². The molecular weight excluding hydrogens is 152 g/mol. The summed E-state index contributed by atoms with van der Waals surface area (Å²) >= 11 is 0. The fourth-order valence-corrected chi connectivity index (χ4v) is 1.06. The van der Waals surface area contributed by atoms with Gasteiger partial charge in [0.15, 0.2) is 0 Å². The molecule has 0 heterocycles. The lowest BCUT2D eigenvalue weighted by Gasteiger charge is -2.16. The Morgan fingerprint density at radius 1 is 1.50 bits per heavy atom. The zero-order valence-corrected chi connectivity index (χ0v) is 8.13. The third-order valence-corrected chi connectivity index (χ3v) is 2.13. The van der Waals surface area contributed by atoms with Crippen molar-refractivity contribution in [3.8, 4) is 0 Å². The number of allylic oxidation sites excluding steroid dienone is 1. The highest BCUT2D eigenvalue weighted by atomic mass is 16.4. The zero-order chi connectivity index (χ0) is 9.72. The van der Waals surface area contributed by atoms with Crippen molar-refractivity contribution in [2.24, 2.45) is 11.8 Å². The van der Waals surface area contributed by atoms with E-state index < -0.39 is 5.97 Å². The second-order valence-electron chi connectivity index (χ2n) is 3.50. The lowest BCUT2D eigenvalue weighted by atomic mass is 9.89. The van der Waals surface area contributed by atoms with E-state index in [4.69, 9.17) is 5.11 Å². The lowest BCUT2D eigenvalue weighted by molar-refractivity contribution is -0.143. The molecular formula is C10H18O2. The minimum atomic E-state index is -0.709. The fourth-order valence-electron chi connectivity index (χ4n) is 1.06. The van der Waals surface area contributed by atoms with Crippen molar-refractivity contribution in [3.63, 3.8) is 0 Å². The van der Waals surface area contributed by atoms with Gasteiger partial charge >= 0.3 is 5.97 Å². The summed E-state index contributed by atoms with van der Waals surface area (Å²) in [6.07, 6.45) is 1.49. The summed E-state index contributed by atoms with van der Waals surface area (Å²) in [5.74, 6) is -0.789. The maximum atomic E-state index is 10.8. The van der Waals surface area contributed by atoms with Crippen molar-refractivity contribution in [1.29, 1.82) is 0 Å². The van der Waals surface area contributed by atoms with Gasteiger partial charge in [-0.2, -0.15) is 0 Å². The predicted molar refractivity (Wildman–Crippen MR) is 50.0 cm³/mol. The monoisotopic (exact) mass is 170 g/mol. The van der Waals surface area contributed by atoms with Gasteiger partial charge in [0, 0.05) is 0 Å². The number of hydrogen-bond donors (Lipinski definition) is 1. The first-order valence-electron chi connectivity index (χ1n) is 4.38. The van der Waals surface area contributed by atoms with Gasteiger partial charge in [-0.1, -0.05) is 32.9 Å². The fraction of sp³-hybridized carbons (Fsp3) is 0.700. The number of hydrogen-bond acceptors (Lipinski definition) is 1. The summed E-state index contributed by atoms with van der Waals surface area (Å²) in [6.45, 7) is 9.68. The third-order valence-electron chi connectivity index (χ3n) is 2.13. The van der Waals surface area contributed by atoms with Crippen LogP contribution < -0.4 is 0 Å². The summed E-state index contributed by atoms with van der Waals surface area (Å²) < 4.78 is 0. The van der Waals surface area contributed by atoms with Crippen LogP contribution in [0.1, 0.15) is 33.6 Å². The van der Waals surface area contributed by atoms with Crippen LogP contribution in [0.4, 0.5) is 0 Å². The summed E-state index contributed by atoms with van der Waals surface area (Å²) in [5.41, 5.74) is 1.02. The number of carboxylic acid groups (broad SMARTS) is 1. The van der Waals surface area contributed by atoms with Crippen LogP contribution in [0.2, 0.25) is 0 Å². The molecule has 0 aliphatic heterocycles. The number of rotatable bonds is 5. The Balaban J connectivity index is 4.14. The van der Waals surface area contributed by atoms with E-state index in [1.165, 1.54) is 0 Å². The van der Waals surface area contributed by atoms with E-state index in [1.54, 1.807) is 0 Å². The van der Waals surface area contributed by atoms with Gasteiger partial charge in [0.2, 0.25) is 0 Å². The molecule has 70 valence electrons. The Morgan fingerprint density at radius 3 is 2.25 bits per heavy atom. The topological polar surface area (TPSA) is 37.3 Å². The van der Waals surface area contributed by atoms with Crippen LogP contribution in [-0.4, -0.2) is 11.1 Å². The molecule has 0 saturated carbocycles. The molecule has 0 aliphatic rings. The first kappa shape index (κ1) is 11.2. The van der Waals surface area contributed by atoms with Crippen molar-refractivity contribution in [1.82, 2.24) is 0 Å². The predicted octanol–water partition coefficient (Wildman–Crippen LogP) is 2.70. The molecule has 0 saturated heterocycles. The summed E-state index contributed by atoms with van der Waals surface area (Å²) in [4.78, 5) is 10.8. The van der Waals surface area contributed by atoms with Gasteiger partial charge < -0.3 is 5.11 Å². The van der Waals surface area contributed by atoms with Crippen molar-refractivity contribution < 1.29 is 9.90 Å². The van der Waals surface area contributed by atoms with Crippen LogP contribution >= 0.6 is 0 Å². The van der Waals surface area contributed by atoms with Crippen molar-refractivity contribution >= 4 is 5.97 Å². The van der Waals surface area contributed by atoms with Crippen LogP contribution in [0.15, 0.2) is 12.2 Å². The summed E-state index contributed by atoms with van der Waals surface area (Å²) in [7, 11) is 0. The van der Waals surface area contributed by atoms with E-state index in [0.717, 1.165) is 12.0 Å². The molecule has 1 unspecified atom stereocenters. The smallest absolute Gasteiger partial charge is 0.307 e. The molecule has 0 aromatic carbocycles. The lowest BCUT2D eigenvalue weighted by Crippen LogP contribution is -2.20. The second kappa shape index (κ2) is 4.96. The average Bonchev–Trinajstić information content (AvgIpc) is 1.98. The molecule has 0 aliphatic carbocycles. The molecule has 0 spiro atoms. The first-order valence-corrected chi connectivity index (χ1v) is 4.38. The highest BCUT2D eigenvalue weighted by Gasteiger charge is 2.21. The number of carboxylic acids is 1. The highest BCUT2D eigenvalue weighted by molar-refractivity contribution is 5.70.